The molecular weight excluding hydrogens is 176 g/mol. The molecule has 0 atom stereocenters. The van der Waals surface area contributed by atoms with Crippen molar-refractivity contribution in [3.05, 3.63) is 0 Å². The van der Waals surface area contributed by atoms with Crippen LogP contribution in [-0.2, 0) is 4.74 Å². The Labute approximate surface area is 87.6 Å². The summed E-state index contributed by atoms with van der Waals surface area (Å²) in [5.74, 6) is 0. The van der Waals surface area contributed by atoms with Crippen LogP contribution in [0.5, 0.6) is 0 Å². The zero-order valence-corrected chi connectivity index (χ0v) is 9.59. The first-order valence-corrected chi connectivity index (χ1v) is 5.67. The molecule has 1 saturated carbocycles. The predicted octanol–water partition coefficient (Wildman–Crippen LogP) is 1.23. The van der Waals surface area contributed by atoms with Crippen LogP contribution in [0, 0.1) is 0 Å². The van der Waals surface area contributed by atoms with Gasteiger partial charge in [-0.3, -0.25) is 0 Å². The maximum absolute atomic E-state index is 5.94. The van der Waals surface area contributed by atoms with Gasteiger partial charge in [-0.05, 0) is 39.9 Å². The molecule has 0 aliphatic heterocycles. The van der Waals surface area contributed by atoms with Crippen LogP contribution in [0.1, 0.15) is 32.1 Å². The third kappa shape index (κ3) is 3.56. The van der Waals surface area contributed by atoms with Crippen molar-refractivity contribution >= 4 is 0 Å². The molecule has 1 aliphatic rings. The fourth-order valence-corrected chi connectivity index (χ4v) is 2.10. The number of hydrogen-bond acceptors (Lipinski definition) is 3. The van der Waals surface area contributed by atoms with Crippen molar-refractivity contribution < 1.29 is 4.74 Å². The summed E-state index contributed by atoms with van der Waals surface area (Å²) in [6.45, 7) is 2.64. The third-order valence-corrected chi connectivity index (χ3v) is 3.04. The molecule has 0 unspecified atom stereocenters. The van der Waals surface area contributed by atoms with Gasteiger partial charge >= 0.3 is 0 Å². The number of nitrogens with zero attached hydrogens (tertiary/aromatic N) is 1. The monoisotopic (exact) mass is 200 g/mol. The molecule has 0 aromatic rings. The van der Waals surface area contributed by atoms with Crippen LogP contribution in [0.3, 0.4) is 0 Å². The molecule has 1 rings (SSSR count). The van der Waals surface area contributed by atoms with E-state index in [2.05, 4.69) is 19.0 Å². The summed E-state index contributed by atoms with van der Waals surface area (Å²) < 4.78 is 5.94. The van der Waals surface area contributed by atoms with Gasteiger partial charge in [0.05, 0.1) is 5.60 Å². The van der Waals surface area contributed by atoms with E-state index in [4.69, 9.17) is 10.5 Å². The topological polar surface area (TPSA) is 38.5 Å². The molecule has 3 nitrogen and oxygen atoms in total. The van der Waals surface area contributed by atoms with Gasteiger partial charge in [0.2, 0.25) is 0 Å². The largest absolute Gasteiger partial charge is 0.374 e. The molecule has 1 fully saturated rings. The van der Waals surface area contributed by atoms with E-state index < -0.39 is 0 Å². The lowest BCUT2D eigenvalue weighted by Gasteiger charge is -2.28. The minimum Gasteiger partial charge on any atom is -0.374 e. The van der Waals surface area contributed by atoms with Crippen molar-refractivity contribution in [2.24, 2.45) is 5.73 Å². The molecule has 0 aromatic heterocycles. The molecule has 84 valence electrons. The van der Waals surface area contributed by atoms with Gasteiger partial charge in [0.25, 0.3) is 0 Å². The minimum atomic E-state index is 0.0340. The Morgan fingerprint density at radius 3 is 2.43 bits per heavy atom. The predicted molar refractivity (Wildman–Crippen MR) is 59.4 cm³/mol. The molecular formula is C11H24N2O. The second-order valence-electron chi connectivity index (χ2n) is 4.60. The highest BCUT2D eigenvalue weighted by atomic mass is 16.5. The molecule has 14 heavy (non-hydrogen) atoms. The first-order valence-electron chi connectivity index (χ1n) is 5.67. The average molecular weight is 200 g/mol. The van der Waals surface area contributed by atoms with Gasteiger partial charge in [-0.15, -0.1) is 0 Å². The van der Waals surface area contributed by atoms with Crippen molar-refractivity contribution in [3.63, 3.8) is 0 Å². The summed E-state index contributed by atoms with van der Waals surface area (Å²) >= 11 is 0. The lowest BCUT2D eigenvalue weighted by atomic mass is 10.0. The lowest BCUT2D eigenvalue weighted by Crippen LogP contribution is -2.38. The second-order valence-corrected chi connectivity index (χ2v) is 4.60. The minimum absolute atomic E-state index is 0.0340. The zero-order valence-electron chi connectivity index (χ0n) is 9.59. The van der Waals surface area contributed by atoms with E-state index in [1.807, 2.05) is 0 Å². The summed E-state index contributed by atoms with van der Waals surface area (Å²) in [6.07, 6.45) is 5.99. The fourth-order valence-electron chi connectivity index (χ4n) is 2.10. The Hall–Kier alpha value is -0.120. The number of nitrogens with two attached hydrogens (primary N) is 1. The Bertz CT molecular complexity index is 153. The second kappa shape index (κ2) is 5.69. The Morgan fingerprint density at radius 1 is 1.29 bits per heavy atom. The molecule has 0 spiro atoms. The lowest BCUT2D eigenvalue weighted by molar-refractivity contribution is -0.0358. The van der Waals surface area contributed by atoms with Crippen LogP contribution in [0.15, 0.2) is 0 Å². The van der Waals surface area contributed by atoms with Crippen molar-refractivity contribution in [2.45, 2.75) is 37.7 Å². The molecule has 0 aromatic carbocycles. The van der Waals surface area contributed by atoms with Gasteiger partial charge in [0, 0.05) is 13.2 Å². The van der Waals surface area contributed by atoms with Crippen molar-refractivity contribution in [2.75, 3.05) is 33.8 Å². The fraction of sp³-hybridized carbons (Fsp3) is 1.00. The summed E-state index contributed by atoms with van der Waals surface area (Å²) in [5, 5.41) is 0. The SMILES string of the molecule is CN(C)CCCOC1(CN)CCCC1. The van der Waals surface area contributed by atoms with Crippen molar-refractivity contribution in [1.29, 1.82) is 0 Å². The number of ether oxygens (including phenoxy) is 1. The van der Waals surface area contributed by atoms with E-state index in [-0.39, 0.29) is 5.60 Å². The van der Waals surface area contributed by atoms with Gasteiger partial charge < -0.3 is 15.4 Å². The maximum Gasteiger partial charge on any atom is 0.0804 e. The van der Waals surface area contributed by atoms with E-state index >= 15 is 0 Å². The third-order valence-electron chi connectivity index (χ3n) is 3.04. The number of hydrogen-bond donors (Lipinski definition) is 1. The first-order chi connectivity index (χ1) is 6.68. The standard InChI is InChI=1S/C11H24N2O/c1-13(2)8-5-9-14-11(10-12)6-3-4-7-11/h3-10,12H2,1-2H3. The summed E-state index contributed by atoms with van der Waals surface area (Å²) in [6, 6.07) is 0. The first kappa shape index (κ1) is 12.0. The Morgan fingerprint density at radius 2 is 1.93 bits per heavy atom. The highest BCUT2D eigenvalue weighted by Gasteiger charge is 2.32. The van der Waals surface area contributed by atoms with Crippen LogP contribution < -0.4 is 5.73 Å². The van der Waals surface area contributed by atoms with Gasteiger partial charge in [-0.25, -0.2) is 0 Å². The highest BCUT2D eigenvalue weighted by Crippen LogP contribution is 2.32. The van der Waals surface area contributed by atoms with Gasteiger partial charge in [-0.2, -0.15) is 0 Å². The molecule has 0 bridgehead atoms. The van der Waals surface area contributed by atoms with Gasteiger partial charge in [-0.1, -0.05) is 12.8 Å². The molecule has 2 N–H and O–H groups in total. The zero-order chi connectivity index (χ0) is 10.4. The smallest absolute Gasteiger partial charge is 0.0804 e. The Balaban J connectivity index is 2.15. The van der Waals surface area contributed by atoms with E-state index in [1.54, 1.807) is 0 Å². The van der Waals surface area contributed by atoms with Crippen LogP contribution >= 0.6 is 0 Å². The molecule has 1 aliphatic carbocycles. The van der Waals surface area contributed by atoms with Gasteiger partial charge in [0.15, 0.2) is 0 Å². The molecule has 0 amide bonds. The molecule has 3 heteroatoms. The molecule has 0 saturated heterocycles. The molecule has 0 radical (unpaired) electrons. The maximum atomic E-state index is 5.94. The number of rotatable bonds is 6. The van der Waals surface area contributed by atoms with Crippen molar-refractivity contribution in [3.8, 4) is 0 Å². The van der Waals surface area contributed by atoms with Crippen LogP contribution in [0.4, 0.5) is 0 Å². The van der Waals surface area contributed by atoms with E-state index in [0.29, 0.717) is 6.54 Å². The van der Waals surface area contributed by atoms with E-state index in [0.717, 1.165) is 32.4 Å². The quantitative estimate of drug-likeness (QED) is 0.655. The molecule has 0 heterocycles. The summed E-state index contributed by atoms with van der Waals surface area (Å²) in [7, 11) is 4.18. The van der Waals surface area contributed by atoms with E-state index in [9.17, 15) is 0 Å². The normalized spacial score (nSPS) is 20.6. The summed E-state index contributed by atoms with van der Waals surface area (Å²) in [5.41, 5.74) is 5.81. The van der Waals surface area contributed by atoms with Crippen LogP contribution in [-0.4, -0.2) is 44.3 Å². The summed E-state index contributed by atoms with van der Waals surface area (Å²) in [4.78, 5) is 2.19. The van der Waals surface area contributed by atoms with Crippen LogP contribution in [0.25, 0.3) is 0 Å². The Kier molecular flexibility index (Phi) is 4.85. The van der Waals surface area contributed by atoms with E-state index in [1.165, 1.54) is 12.8 Å². The highest BCUT2D eigenvalue weighted by molar-refractivity contribution is 4.87. The van der Waals surface area contributed by atoms with Crippen LogP contribution in [0.2, 0.25) is 0 Å². The average Bonchev–Trinajstić information content (AvgIpc) is 2.62. The van der Waals surface area contributed by atoms with Crippen molar-refractivity contribution in [1.82, 2.24) is 4.90 Å². The van der Waals surface area contributed by atoms with Gasteiger partial charge in [0.1, 0.15) is 0 Å².